The number of amides is 1. The Bertz CT molecular complexity index is 509. The summed E-state index contributed by atoms with van der Waals surface area (Å²) in [6.45, 7) is 2.24. The van der Waals surface area contributed by atoms with Crippen LogP contribution in [-0.2, 0) is 14.3 Å². The number of nitrogens with one attached hydrogen (secondary N) is 1. The monoisotopic (exact) mass is 257 g/mol. The van der Waals surface area contributed by atoms with E-state index in [4.69, 9.17) is 11.2 Å². The summed E-state index contributed by atoms with van der Waals surface area (Å²) in [6, 6.07) is 6.82. The summed E-state index contributed by atoms with van der Waals surface area (Å²) in [6.07, 6.45) is 8.20. The lowest BCUT2D eigenvalue weighted by molar-refractivity contribution is -0.137. The van der Waals surface area contributed by atoms with Gasteiger partial charge in [-0.25, -0.2) is 4.79 Å². The second-order valence-corrected chi connectivity index (χ2v) is 3.71. The standard InChI is InChI=1S/C15H15NO3/c1-3-11-19-15(18)10-9-14(17)16-13-7-5-12(4-2)6-8-13/h2,5-10H,3,11H2,1H3,(H,16,17)/b10-9-. The van der Waals surface area contributed by atoms with Gasteiger partial charge in [-0.15, -0.1) is 6.42 Å². The number of hydrogen-bond donors (Lipinski definition) is 1. The van der Waals surface area contributed by atoms with E-state index in [1.54, 1.807) is 24.3 Å². The molecule has 0 unspecified atom stereocenters. The van der Waals surface area contributed by atoms with E-state index >= 15 is 0 Å². The normalized spacial score (nSPS) is 9.89. The molecule has 0 saturated carbocycles. The van der Waals surface area contributed by atoms with Crippen LogP contribution in [0.2, 0.25) is 0 Å². The van der Waals surface area contributed by atoms with Crippen LogP contribution in [-0.4, -0.2) is 18.5 Å². The summed E-state index contributed by atoms with van der Waals surface area (Å²) < 4.78 is 4.79. The van der Waals surface area contributed by atoms with Gasteiger partial charge < -0.3 is 10.1 Å². The van der Waals surface area contributed by atoms with Crippen LogP contribution >= 0.6 is 0 Å². The van der Waals surface area contributed by atoms with Crippen LogP contribution in [0.4, 0.5) is 5.69 Å². The molecular formula is C15H15NO3. The van der Waals surface area contributed by atoms with Crippen molar-refractivity contribution in [3.8, 4) is 12.3 Å². The highest BCUT2D eigenvalue weighted by Crippen LogP contribution is 2.08. The molecular weight excluding hydrogens is 242 g/mol. The zero-order valence-corrected chi connectivity index (χ0v) is 10.7. The topological polar surface area (TPSA) is 55.4 Å². The zero-order valence-electron chi connectivity index (χ0n) is 10.7. The van der Waals surface area contributed by atoms with Crippen molar-refractivity contribution < 1.29 is 14.3 Å². The van der Waals surface area contributed by atoms with Crippen molar-refractivity contribution in [2.45, 2.75) is 13.3 Å². The van der Waals surface area contributed by atoms with E-state index in [1.807, 2.05) is 6.92 Å². The zero-order chi connectivity index (χ0) is 14.1. The molecule has 1 rings (SSSR count). The molecule has 0 aliphatic rings. The average Bonchev–Trinajstić information content (AvgIpc) is 2.43. The van der Waals surface area contributed by atoms with Crippen LogP contribution in [0.3, 0.4) is 0 Å². The number of anilines is 1. The average molecular weight is 257 g/mol. The van der Waals surface area contributed by atoms with Crippen molar-refractivity contribution in [1.29, 1.82) is 0 Å². The van der Waals surface area contributed by atoms with E-state index in [1.165, 1.54) is 0 Å². The second-order valence-electron chi connectivity index (χ2n) is 3.71. The lowest BCUT2D eigenvalue weighted by atomic mass is 10.2. The molecule has 0 spiro atoms. The lowest BCUT2D eigenvalue weighted by Crippen LogP contribution is -2.09. The Hall–Kier alpha value is -2.54. The van der Waals surface area contributed by atoms with E-state index < -0.39 is 11.9 Å². The van der Waals surface area contributed by atoms with Gasteiger partial charge in [0.25, 0.3) is 0 Å². The van der Waals surface area contributed by atoms with Gasteiger partial charge >= 0.3 is 5.97 Å². The van der Waals surface area contributed by atoms with E-state index in [2.05, 4.69) is 11.2 Å². The number of carbonyl (C=O) groups is 2. The number of ether oxygens (including phenoxy) is 1. The Labute approximate surface area is 112 Å². The van der Waals surface area contributed by atoms with E-state index in [9.17, 15) is 9.59 Å². The fourth-order valence-electron chi connectivity index (χ4n) is 1.23. The van der Waals surface area contributed by atoms with Crippen LogP contribution in [0, 0.1) is 12.3 Å². The van der Waals surface area contributed by atoms with Gasteiger partial charge in [0.1, 0.15) is 0 Å². The first-order chi connectivity index (χ1) is 9.15. The predicted octanol–water partition coefficient (Wildman–Crippen LogP) is 2.12. The van der Waals surface area contributed by atoms with Crippen LogP contribution in [0.25, 0.3) is 0 Å². The van der Waals surface area contributed by atoms with Gasteiger partial charge in [-0.1, -0.05) is 12.8 Å². The molecule has 0 radical (unpaired) electrons. The van der Waals surface area contributed by atoms with Crippen molar-refractivity contribution in [2.24, 2.45) is 0 Å². The van der Waals surface area contributed by atoms with Gasteiger partial charge in [0.2, 0.25) is 5.91 Å². The molecule has 1 aromatic rings. The smallest absolute Gasteiger partial charge is 0.330 e. The molecule has 0 atom stereocenters. The molecule has 0 saturated heterocycles. The van der Waals surface area contributed by atoms with Crippen molar-refractivity contribution in [2.75, 3.05) is 11.9 Å². The van der Waals surface area contributed by atoms with Crippen LogP contribution in [0.15, 0.2) is 36.4 Å². The summed E-state index contributed by atoms with van der Waals surface area (Å²) in [5.74, 6) is 1.55. The van der Waals surface area contributed by atoms with Crippen molar-refractivity contribution in [3.63, 3.8) is 0 Å². The summed E-state index contributed by atoms with van der Waals surface area (Å²) in [7, 11) is 0. The molecule has 0 heterocycles. The predicted molar refractivity (Wildman–Crippen MR) is 73.4 cm³/mol. The molecule has 1 aromatic carbocycles. The maximum absolute atomic E-state index is 11.5. The summed E-state index contributed by atoms with van der Waals surface area (Å²) in [5.41, 5.74) is 1.34. The highest BCUT2D eigenvalue weighted by Gasteiger charge is 2.00. The molecule has 0 bridgehead atoms. The maximum atomic E-state index is 11.5. The van der Waals surface area contributed by atoms with Gasteiger partial charge in [0.05, 0.1) is 6.61 Å². The first-order valence-electron chi connectivity index (χ1n) is 5.88. The van der Waals surface area contributed by atoms with Crippen LogP contribution < -0.4 is 5.32 Å². The summed E-state index contributed by atoms with van der Waals surface area (Å²) >= 11 is 0. The van der Waals surface area contributed by atoms with Gasteiger partial charge in [-0.3, -0.25) is 4.79 Å². The molecule has 19 heavy (non-hydrogen) atoms. The van der Waals surface area contributed by atoms with E-state index in [0.717, 1.165) is 24.1 Å². The van der Waals surface area contributed by atoms with Crippen molar-refractivity contribution >= 4 is 17.6 Å². The molecule has 0 fully saturated rings. The maximum Gasteiger partial charge on any atom is 0.330 e. The lowest BCUT2D eigenvalue weighted by Gasteiger charge is -2.02. The number of esters is 1. The third-order valence-corrected chi connectivity index (χ3v) is 2.14. The number of rotatable bonds is 5. The molecule has 0 aliphatic carbocycles. The third kappa shape index (κ3) is 5.55. The van der Waals surface area contributed by atoms with Gasteiger partial charge in [0.15, 0.2) is 0 Å². The van der Waals surface area contributed by atoms with Crippen molar-refractivity contribution in [3.05, 3.63) is 42.0 Å². The van der Waals surface area contributed by atoms with E-state index in [-0.39, 0.29) is 0 Å². The molecule has 4 nitrogen and oxygen atoms in total. The first-order valence-corrected chi connectivity index (χ1v) is 5.88. The first kappa shape index (κ1) is 14.5. The largest absolute Gasteiger partial charge is 0.463 e. The SMILES string of the molecule is C#Cc1ccc(NC(=O)/C=C\C(=O)OCCC)cc1. The number of hydrogen-bond acceptors (Lipinski definition) is 3. The Kier molecular flexibility index (Phi) is 5.90. The second kappa shape index (κ2) is 7.72. The fourth-order valence-corrected chi connectivity index (χ4v) is 1.23. The van der Waals surface area contributed by atoms with Crippen LogP contribution in [0.1, 0.15) is 18.9 Å². The molecule has 1 N–H and O–H groups in total. The minimum Gasteiger partial charge on any atom is -0.463 e. The quantitative estimate of drug-likeness (QED) is 0.499. The minimum atomic E-state index is -0.528. The third-order valence-electron chi connectivity index (χ3n) is 2.14. The Morgan fingerprint density at radius 1 is 1.32 bits per heavy atom. The van der Waals surface area contributed by atoms with Gasteiger partial charge in [-0.2, -0.15) is 0 Å². The number of carbonyl (C=O) groups excluding carboxylic acids is 2. The summed E-state index contributed by atoms with van der Waals surface area (Å²) in [4.78, 5) is 22.6. The Morgan fingerprint density at radius 3 is 2.58 bits per heavy atom. The highest BCUT2D eigenvalue weighted by molar-refractivity contribution is 6.02. The Morgan fingerprint density at radius 2 is 2.00 bits per heavy atom. The molecule has 4 heteroatoms. The minimum absolute atomic E-state index is 0.346. The number of terminal acetylenes is 1. The number of benzene rings is 1. The van der Waals surface area contributed by atoms with E-state index in [0.29, 0.717) is 12.3 Å². The van der Waals surface area contributed by atoms with Crippen molar-refractivity contribution in [1.82, 2.24) is 0 Å². The van der Waals surface area contributed by atoms with Crippen LogP contribution in [0.5, 0.6) is 0 Å². The Balaban J connectivity index is 2.48. The van der Waals surface area contributed by atoms with Gasteiger partial charge in [-0.05, 0) is 30.7 Å². The highest BCUT2D eigenvalue weighted by atomic mass is 16.5. The molecule has 1 amide bonds. The fraction of sp³-hybridized carbons (Fsp3) is 0.200. The molecule has 0 aliphatic heterocycles. The summed E-state index contributed by atoms with van der Waals surface area (Å²) in [5, 5.41) is 2.60. The molecule has 98 valence electrons. The van der Waals surface area contributed by atoms with Gasteiger partial charge in [0, 0.05) is 23.4 Å². The molecule has 0 aromatic heterocycles.